The molecule has 1 aromatic heterocycles. The second kappa shape index (κ2) is 11.9. The first-order valence-corrected chi connectivity index (χ1v) is 15.3. The van der Waals surface area contributed by atoms with Gasteiger partial charge in [0.25, 0.3) is 0 Å². The molecule has 2 fully saturated rings. The lowest BCUT2D eigenvalue weighted by Gasteiger charge is -2.41. The molecule has 1 N–H and O–H groups in total. The molecule has 9 nitrogen and oxygen atoms in total. The highest BCUT2D eigenvalue weighted by molar-refractivity contribution is 7.89. The van der Waals surface area contributed by atoms with Crippen LogP contribution in [0.4, 0.5) is 10.1 Å². The Morgan fingerprint density at radius 2 is 1.81 bits per heavy atom. The SMILES string of the molecule is Cc1c(F)cc(S(=O)(=O)N2CC[C@@H]2C(=O)N(Cc2ccc(C3CCCCC3)cn2)c2ccc(C#N)c(O)c2)cc1C#N. The molecule has 2 aromatic carbocycles. The summed E-state index contributed by atoms with van der Waals surface area (Å²) in [7, 11) is -4.31. The van der Waals surface area contributed by atoms with Crippen LogP contribution in [-0.2, 0) is 21.4 Å². The monoisotopic (exact) mass is 587 g/mol. The highest BCUT2D eigenvalue weighted by Gasteiger charge is 2.45. The Morgan fingerprint density at radius 3 is 2.40 bits per heavy atom. The number of carbonyl (C=O) groups is 1. The molecular weight excluding hydrogens is 557 g/mol. The van der Waals surface area contributed by atoms with Gasteiger partial charge in [-0.2, -0.15) is 14.8 Å². The normalized spacial score (nSPS) is 17.6. The van der Waals surface area contributed by atoms with Gasteiger partial charge in [-0.1, -0.05) is 25.3 Å². The van der Waals surface area contributed by atoms with E-state index in [0.717, 1.165) is 34.8 Å². The van der Waals surface area contributed by atoms with Gasteiger partial charge in [-0.25, -0.2) is 12.8 Å². The van der Waals surface area contributed by atoms with Gasteiger partial charge < -0.3 is 10.0 Å². The fraction of sp³-hybridized carbons (Fsp3) is 0.355. The van der Waals surface area contributed by atoms with Crippen molar-refractivity contribution in [2.75, 3.05) is 11.4 Å². The van der Waals surface area contributed by atoms with Crippen molar-refractivity contribution in [2.45, 2.75) is 68.8 Å². The quantitative estimate of drug-likeness (QED) is 0.409. The number of hydrogen-bond donors (Lipinski definition) is 1. The number of anilines is 1. The first-order valence-electron chi connectivity index (χ1n) is 13.9. The number of amides is 1. The summed E-state index contributed by atoms with van der Waals surface area (Å²) < 4.78 is 42.5. The van der Waals surface area contributed by atoms with Crippen LogP contribution in [0.25, 0.3) is 0 Å². The zero-order valence-electron chi connectivity index (χ0n) is 23.1. The maximum Gasteiger partial charge on any atom is 0.245 e. The summed E-state index contributed by atoms with van der Waals surface area (Å²) >= 11 is 0. The zero-order chi connectivity index (χ0) is 30.0. The molecule has 216 valence electrons. The fourth-order valence-corrected chi connectivity index (χ4v) is 7.25. The first kappa shape index (κ1) is 29.2. The van der Waals surface area contributed by atoms with E-state index >= 15 is 0 Å². The van der Waals surface area contributed by atoms with E-state index in [0.29, 0.717) is 11.6 Å². The minimum atomic E-state index is -4.31. The average Bonchev–Trinajstić information content (AvgIpc) is 2.97. The molecule has 2 heterocycles. The predicted molar refractivity (Wildman–Crippen MR) is 152 cm³/mol. The van der Waals surface area contributed by atoms with Gasteiger partial charge >= 0.3 is 0 Å². The number of phenols is 1. The minimum Gasteiger partial charge on any atom is -0.506 e. The number of sulfonamides is 1. The van der Waals surface area contributed by atoms with E-state index in [1.54, 1.807) is 0 Å². The Hall–Kier alpha value is -4.32. The van der Waals surface area contributed by atoms with Gasteiger partial charge in [-0.05, 0) is 68.0 Å². The van der Waals surface area contributed by atoms with Crippen molar-refractivity contribution < 1.29 is 22.7 Å². The van der Waals surface area contributed by atoms with E-state index < -0.39 is 32.7 Å². The van der Waals surface area contributed by atoms with Crippen LogP contribution in [0.3, 0.4) is 0 Å². The lowest BCUT2D eigenvalue weighted by molar-refractivity contribution is -0.125. The molecule has 1 atom stereocenters. The molecular formula is C31H30FN5O4S. The van der Waals surface area contributed by atoms with Gasteiger partial charge in [0.2, 0.25) is 15.9 Å². The number of halogens is 1. The molecule has 3 aromatic rings. The first-order chi connectivity index (χ1) is 20.1. The summed E-state index contributed by atoms with van der Waals surface area (Å²) in [6.45, 7) is 1.43. The van der Waals surface area contributed by atoms with Gasteiger partial charge in [0, 0.05) is 30.1 Å². The third-order valence-corrected chi connectivity index (χ3v) is 10.1. The van der Waals surface area contributed by atoms with Gasteiger partial charge in [0.15, 0.2) is 0 Å². The molecule has 1 saturated heterocycles. The van der Waals surface area contributed by atoms with E-state index in [-0.39, 0.29) is 47.6 Å². The lowest BCUT2D eigenvalue weighted by Crippen LogP contribution is -2.59. The third-order valence-electron chi connectivity index (χ3n) is 8.22. The number of carbonyl (C=O) groups excluding carboxylic acids is 1. The number of benzene rings is 2. The van der Waals surface area contributed by atoms with Crippen molar-refractivity contribution in [3.63, 3.8) is 0 Å². The fourth-order valence-electron chi connectivity index (χ4n) is 5.58. The Balaban J connectivity index is 1.45. The highest BCUT2D eigenvalue weighted by Crippen LogP contribution is 2.34. The van der Waals surface area contributed by atoms with Crippen LogP contribution in [0, 0.1) is 35.4 Å². The lowest BCUT2D eigenvalue weighted by atomic mass is 9.85. The topological polar surface area (TPSA) is 138 Å². The smallest absolute Gasteiger partial charge is 0.245 e. The molecule has 42 heavy (non-hydrogen) atoms. The van der Waals surface area contributed by atoms with E-state index in [4.69, 9.17) is 0 Å². The summed E-state index contributed by atoms with van der Waals surface area (Å²) in [6, 6.07) is 12.6. The van der Waals surface area contributed by atoms with Gasteiger partial charge in [0.05, 0.1) is 34.3 Å². The van der Waals surface area contributed by atoms with Crippen molar-refractivity contribution in [1.82, 2.24) is 9.29 Å². The maximum atomic E-state index is 14.5. The third kappa shape index (κ3) is 5.58. The predicted octanol–water partition coefficient (Wildman–Crippen LogP) is 5.02. The van der Waals surface area contributed by atoms with E-state index in [1.807, 2.05) is 30.5 Å². The molecule has 1 aliphatic heterocycles. The molecule has 1 saturated carbocycles. The number of pyridine rings is 1. The standard InChI is InChI=1S/C31H30FN5O4S/c1-20-24(17-34)13-27(15-28(20)32)42(40,41)37-12-11-29(37)31(39)36(26-10-8-22(16-33)30(38)14-26)19-25-9-7-23(18-35-25)21-5-3-2-4-6-21/h7-10,13-15,18,21,29,38H,2-6,11-12,19H2,1H3/t29-/m1/s1. The van der Waals surface area contributed by atoms with E-state index in [1.165, 1.54) is 49.3 Å². The molecule has 1 amide bonds. The number of aromatic nitrogens is 1. The highest BCUT2D eigenvalue weighted by atomic mass is 32.2. The zero-order valence-corrected chi connectivity index (χ0v) is 23.9. The molecule has 11 heteroatoms. The number of hydrogen-bond acceptors (Lipinski definition) is 7. The van der Waals surface area contributed by atoms with E-state index in [2.05, 4.69) is 4.98 Å². The minimum absolute atomic E-state index is 0.00273. The Morgan fingerprint density at radius 1 is 1.07 bits per heavy atom. The molecule has 0 spiro atoms. The summed E-state index contributed by atoms with van der Waals surface area (Å²) in [4.78, 5) is 19.5. The van der Waals surface area contributed by atoms with Crippen molar-refractivity contribution in [3.8, 4) is 17.9 Å². The number of aromatic hydroxyl groups is 1. The Labute approximate surface area is 244 Å². The summed E-state index contributed by atoms with van der Waals surface area (Å²) in [5.74, 6) is -1.24. The number of rotatable bonds is 7. The van der Waals surface area contributed by atoms with Crippen molar-refractivity contribution >= 4 is 21.6 Å². The van der Waals surface area contributed by atoms with Crippen molar-refractivity contribution in [3.05, 3.63) is 82.4 Å². The van der Waals surface area contributed by atoms with Crippen LogP contribution in [0.1, 0.15) is 72.4 Å². The Kier molecular flexibility index (Phi) is 8.26. The Bertz CT molecular complexity index is 1710. The van der Waals surface area contributed by atoms with Crippen LogP contribution in [-0.4, -0.2) is 41.3 Å². The maximum absolute atomic E-state index is 14.5. The van der Waals surface area contributed by atoms with Crippen LogP contribution in [0.2, 0.25) is 0 Å². The average molecular weight is 588 g/mol. The van der Waals surface area contributed by atoms with Crippen LogP contribution >= 0.6 is 0 Å². The molecule has 0 radical (unpaired) electrons. The van der Waals surface area contributed by atoms with Gasteiger partial charge in [-0.3, -0.25) is 9.78 Å². The van der Waals surface area contributed by atoms with Crippen molar-refractivity contribution in [1.29, 1.82) is 10.5 Å². The summed E-state index contributed by atoms with van der Waals surface area (Å²) in [5.41, 5.74) is 1.96. The largest absolute Gasteiger partial charge is 0.506 e. The second-order valence-electron chi connectivity index (χ2n) is 10.8. The second-order valence-corrected chi connectivity index (χ2v) is 12.7. The van der Waals surface area contributed by atoms with Crippen LogP contribution in [0.5, 0.6) is 5.75 Å². The summed E-state index contributed by atoms with van der Waals surface area (Å²) in [5, 5.41) is 28.9. The molecule has 1 aliphatic carbocycles. The van der Waals surface area contributed by atoms with Gasteiger partial charge in [-0.15, -0.1) is 0 Å². The summed E-state index contributed by atoms with van der Waals surface area (Å²) in [6.07, 6.45) is 7.89. The molecule has 5 rings (SSSR count). The van der Waals surface area contributed by atoms with Crippen molar-refractivity contribution in [2.24, 2.45) is 0 Å². The number of nitriles is 2. The number of phenolic OH excluding ortho intramolecular Hbond substituents is 1. The van der Waals surface area contributed by atoms with Crippen LogP contribution < -0.4 is 4.90 Å². The van der Waals surface area contributed by atoms with E-state index in [9.17, 15) is 33.2 Å². The molecule has 0 bridgehead atoms. The molecule has 0 unspecified atom stereocenters. The molecule has 2 aliphatic rings. The van der Waals surface area contributed by atoms with Gasteiger partial charge in [0.1, 0.15) is 23.7 Å². The number of nitrogens with zero attached hydrogens (tertiary/aromatic N) is 5. The van der Waals surface area contributed by atoms with Crippen LogP contribution in [0.15, 0.2) is 53.6 Å².